The largest absolute Gasteiger partial charge is 0.416 e. The Kier molecular flexibility index (Phi) is 4.71. The summed E-state index contributed by atoms with van der Waals surface area (Å²) in [7, 11) is 0. The lowest BCUT2D eigenvalue weighted by molar-refractivity contribution is -0.137. The average molecular weight is 407 g/mol. The fourth-order valence-corrected chi connectivity index (χ4v) is 3.12. The quantitative estimate of drug-likeness (QED) is 0.644. The molecule has 3 rings (SSSR count). The van der Waals surface area contributed by atoms with E-state index in [1.54, 1.807) is 0 Å². The highest BCUT2D eigenvalue weighted by atomic mass is 35.5. The van der Waals surface area contributed by atoms with Crippen LogP contribution in [0.4, 0.5) is 22.0 Å². The standard InChI is InChI=1S/C16H12ClF5N4O/c1-6(9-4-3-8(5-10(9)17)16(20,21)22)26-14-11(12(25-26)13(18)19)15(27)24-7(2)23-14/h3-6,13H,1-2H3,(H,23,24,27)/t6-/m1/s1. The Morgan fingerprint density at radius 1 is 1.26 bits per heavy atom. The topological polar surface area (TPSA) is 63.6 Å². The molecule has 0 aliphatic carbocycles. The Morgan fingerprint density at radius 3 is 2.48 bits per heavy atom. The summed E-state index contributed by atoms with van der Waals surface area (Å²) in [4.78, 5) is 18.5. The lowest BCUT2D eigenvalue weighted by Gasteiger charge is -2.16. The first-order chi connectivity index (χ1) is 12.5. The number of aromatic amines is 1. The maximum atomic E-state index is 13.3. The minimum absolute atomic E-state index is 0.102. The van der Waals surface area contributed by atoms with Gasteiger partial charge in [0.05, 0.1) is 11.6 Å². The zero-order valence-electron chi connectivity index (χ0n) is 13.9. The molecular formula is C16H12ClF5N4O. The molecule has 0 saturated heterocycles. The minimum atomic E-state index is -4.57. The summed E-state index contributed by atoms with van der Waals surface area (Å²) in [6, 6.07) is 1.89. The van der Waals surface area contributed by atoms with Gasteiger partial charge in [-0.2, -0.15) is 18.3 Å². The van der Waals surface area contributed by atoms with Gasteiger partial charge in [0.2, 0.25) is 0 Å². The molecule has 1 atom stereocenters. The summed E-state index contributed by atoms with van der Waals surface area (Å²) < 4.78 is 66.1. The summed E-state index contributed by atoms with van der Waals surface area (Å²) in [6.45, 7) is 2.98. The van der Waals surface area contributed by atoms with E-state index >= 15 is 0 Å². The predicted octanol–water partition coefficient (Wildman–Crippen LogP) is 4.65. The summed E-state index contributed by atoms with van der Waals surface area (Å²) >= 11 is 5.99. The van der Waals surface area contributed by atoms with E-state index in [0.29, 0.717) is 0 Å². The molecule has 11 heteroatoms. The molecule has 1 N–H and O–H groups in total. The molecule has 0 aliphatic heterocycles. The van der Waals surface area contributed by atoms with E-state index in [9.17, 15) is 26.7 Å². The number of benzene rings is 1. The number of aromatic nitrogens is 4. The van der Waals surface area contributed by atoms with Crippen molar-refractivity contribution in [3.05, 3.63) is 56.2 Å². The Morgan fingerprint density at radius 2 is 1.93 bits per heavy atom. The number of H-pyrrole nitrogens is 1. The van der Waals surface area contributed by atoms with E-state index in [2.05, 4.69) is 15.1 Å². The Labute approximate surface area is 153 Å². The van der Waals surface area contributed by atoms with Crippen LogP contribution in [0, 0.1) is 6.92 Å². The van der Waals surface area contributed by atoms with Crippen molar-refractivity contribution >= 4 is 22.6 Å². The van der Waals surface area contributed by atoms with E-state index in [1.165, 1.54) is 13.8 Å². The monoisotopic (exact) mass is 406 g/mol. The van der Waals surface area contributed by atoms with Gasteiger partial charge in [0.1, 0.15) is 16.9 Å². The van der Waals surface area contributed by atoms with Gasteiger partial charge in [-0.05, 0) is 31.5 Å². The molecule has 0 aliphatic rings. The number of aryl methyl sites for hydroxylation is 1. The van der Waals surface area contributed by atoms with E-state index in [-0.39, 0.29) is 27.4 Å². The maximum Gasteiger partial charge on any atom is 0.416 e. The van der Waals surface area contributed by atoms with Gasteiger partial charge in [0.25, 0.3) is 12.0 Å². The van der Waals surface area contributed by atoms with Crippen LogP contribution in [0.25, 0.3) is 11.0 Å². The Balaban J connectivity index is 2.20. The van der Waals surface area contributed by atoms with Crippen LogP contribution in [0.2, 0.25) is 5.02 Å². The molecule has 144 valence electrons. The SMILES string of the molecule is Cc1nc2c(c(C(F)F)nn2[C@H](C)c2ccc(C(F)(F)F)cc2Cl)c(=O)[nH]1. The minimum Gasteiger partial charge on any atom is -0.310 e. The van der Waals surface area contributed by atoms with Crippen LogP contribution in [0.15, 0.2) is 23.0 Å². The van der Waals surface area contributed by atoms with E-state index in [1.807, 2.05) is 0 Å². The van der Waals surface area contributed by atoms with Crippen LogP contribution in [0.3, 0.4) is 0 Å². The van der Waals surface area contributed by atoms with Crippen LogP contribution >= 0.6 is 11.6 Å². The second kappa shape index (κ2) is 6.59. The van der Waals surface area contributed by atoms with Crippen molar-refractivity contribution in [3.63, 3.8) is 0 Å². The van der Waals surface area contributed by atoms with Crippen molar-refractivity contribution in [1.29, 1.82) is 0 Å². The number of rotatable bonds is 3. The van der Waals surface area contributed by atoms with Gasteiger partial charge in [-0.1, -0.05) is 17.7 Å². The maximum absolute atomic E-state index is 13.3. The molecule has 0 fully saturated rings. The highest BCUT2D eigenvalue weighted by Crippen LogP contribution is 2.35. The third-order valence-electron chi connectivity index (χ3n) is 4.06. The molecule has 2 aromatic heterocycles. The van der Waals surface area contributed by atoms with Gasteiger partial charge in [-0.3, -0.25) is 4.79 Å². The van der Waals surface area contributed by atoms with Crippen LogP contribution in [0.5, 0.6) is 0 Å². The lowest BCUT2D eigenvalue weighted by atomic mass is 10.1. The van der Waals surface area contributed by atoms with Crippen LogP contribution in [-0.4, -0.2) is 19.7 Å². The number of hydrogen-bond acceptors (Lipinski definition) is 3. The van der Waals surface area contributed by atoms with Gasteiger partial charge in [0, 0.05) is 5.02 Å². The summed E-state index contributed by atoms with van der Waals surface area (Å²) in [5.74, 6) is 0.181. The van der Waals surface area contributed by atoms with Gasteiger partial charge in [-0.15, -0.1) is 0 Å². The number of halogens is 6. The first-order valence-electron chi connectivity index (χ1n) is 7.64. The van der Waals surface area contributed by atoms with Crippen LogP contribution < -0.4 is 5.56 Å². The van der Waals surface area contributed by atoms with E-state index in [0.717, 1.165) is 22.9 Å². The zero-order valence-corrected chi connectivity index (χ0v) is 14.7. The molecule has 0 spiro atoms. The molecule has 0 saturated carbocycles. The van der Waals surface area contributed by atoms with Crippen molar-refractivity contribution in [2.75, 3.05) is 0 Å². The molecule has 27 heavy (non-hydrogen) atoms. The summed E-state index contributed by atoms with van der Waals surface area (Å²) in [5, 5.41) is 3.21. The third kappa shape index (κ3) is 3.41. The first kappa shape index (κ1) is 19.3. The van der Waals surface area contributed by atoms with Crippen LogP contribution in [-0.2, 0) is 6.18 Å². The fourth-order valence-electron chi connectivity index (χ4n) is 2.78. The zero-order chi connectivity index (χ0) is 20.1. The van der Waals surface area contributed by atoms with E-state index < -0.39 is 35.5 Å². The third-order valence-corrected chi connectivity index (χ3v) is 4.39. The average Bonchev–Trinajstić information content (AvgIpc) is 2.93. The number of nitrogens with zero attached hydrogens (tertiary/aromatic N) is 3. The first-order valence-corrected chi connectivity index (χ1v) is 8.02. The Bertz CT molecular complexity index is 1070. The van der Waals surface area contributed by atoms with Gasteiger partial charge >= 0.3 is 6.18 Å². The van der Waals surface area contributed by atoms with Crippen molar-refractivity contribution in [2.45, 2.75) is 32.5 Å². The molecular weight excluding hydrogens is 395 g/mol. The highest BCUT2D eigenvalue weighted by molar-refractivity contribution is 6.31. The van der Waals surface area contributed by atoms with Gasteiger partial charge < -0.3 is 4.98 Å². The summed E-state index contributed by atoms with van der Waals surface area (Å²) in [6.07, 6.45) is -7.60. The lowest BCUT2D eigenvalue weighted by Crippen LogP contribution is -2.14. The molecule has 3 aromatic rings. The fraction of sp³-hybridized carbons (Fsp3) is 0.312. The van der Waals surface area contributed by atoms with Crippen molar-refractivity contribution in [2.24, 2.45) is 0 Å². The Hall–Kier alpha value is -2.49. The second-order valence-electron chi connectivity index (χ2n) is 5.89. The number of nitrogens with one attached hydrogen (secondary N) is 1. The second-order valence-corrected chi connectivity index (χ2v) is 6.30. The molecule has 0 amide bonds. The van der Waals surface area contributed by atoms with Crippen molar-refractivity contribution in [3.8, 4) is 0 Å². The number of fused-ring (bicyclic) bond motifs is 1. The molecule has 2 heterocycles. The number of hydrogen-bond donors (Lipinski definition) is 1. The van der Waals surface area contributed by atoms with Crippen LogP contribution in [0.1, 0.15) is 42.0 Å². The number of alkyl halides is 5. The smallest absolute Gasteiger partial charge is 0.310 e. The molecule has 0 unspecified atom stereocenters. The van der Waals surface area contributed by atoms with Gasteiger partial charge in [0.15, 0.2) is 5.65 Å². The molecule has 0 bridgehead atoms. The molecule has 0 radical (unpaired) electrons. The normalized spacial score (nSPS) is 13.5. The molecule has 5 nitrogen and oxygen atoms in total. The predicted molar refractivity (Wildman–Crippen MR) is 88.1 cm³/mol. The summed E-state index contributed by atoms with van der Waals surface area (Å²) in [5.41, 5.74) is -2.35. The van der Waals surface area contributed by atoms with Crippen molar-refractivity contribution in [1.82, 2.24) is 19.7 Å². The van der Waals surface area contributed by atoms with Gasteiger partial charge in [-0.25, -0.2) is 18.4 Å². The van der Waals surface area contributed by atoms with E-state index in [4.69, 9.17) is 11.6 Å². The van der Waals surface area contributed by atoms with Crippen molar-refractivity contribution < 1.29 is 22.0 Å². The highest BCUT2D eigenvalue weighted by Gasteiger charge is 2.32. The molecule has 1 aromatic carbocycles.